The van der Waals surface area contributed by atoms with E-state index >= 15 is 0 Å². The molecule has 1 amide bonds. The first-order valence-electron chi connectivity index (χ1n) is 10.8. The lowest BCUT2D eigenvalue weighted by atomic mass is 9.86. The van der Waals surface area contributed by atoms with E-state index in [1.54, 1.807) is 4.90 Å². The number of benzene rings is 2. The summed E-state index contributed by atoms with van der Waals surface area (Å²) in [5.41, 5.74) is 5.45. The summed E-state index contributed by atoms with van der Waals surface area (Å²) in [4.78, 5) is 35.1. The SMILES string of the molecule is Cc1ccc(Cc2nc3c(c(=O)[nH]2)CN(C(=O)c2ccc(C(C)(C)C)cc2)CC3)cc1. The van der Waals surface area contributed by atoms with Crippen LogP contribution in [-0.2, 0) is 24.8 Å². The predicted molar refractivity (Wildman–Crippen MR) is 122 cm³/mol. The Morgan fingerprint density at radius 1 is 1.06 bits per heavy atom. The topological polar surface area (TPSA) is 66.1 Å². The molecule has 1 aliphatic heterocycles. The fourth-order valence-electron chi connectivity index (χ4n) is 3.93. The number of aryl methyl sites for hydroxylation is 1. The molecule has 0 saturated heterocycles. The van der Waals surface area contributed by atoms with Crippen molar-refractivity contribution in [1.29, 1.82) is 0 Å². The Balaban J connectivity index is 1.51. The fraction of sp³-hybridized carbons (Fsp3) is 0.346. The second-order valence-corrected chi connectivity index (χ2v) is 9.40. The van der Waals surface area contributed by atoms with Gasteiger partial charge in [-0.05, 0) is 35.6 Å². The normalized spacial score (nSPS) is 13.7. The monoisotopic (exact) mass is 415 g/mol. The van der Waals surface area contributed by atoms with Gasteiger partial charge in [0.2, 0.25) is 0 Å². The molecule has 1 aliphatic rings. The zero-order chi connectivity index (χ0) is 22.2. The van der Waals surface area contributed by atoms with Gasteiger partial charge in [0, 0.05) is 24.9 Å². The summed E-state index contributed by atoms with van der Waals surface area (Å²) in [7, 11) is 0. The summed E-state index contributed by atoms with van der Waals surface area (Å²) in [6.45, 7) is 9.36. The van der Waals surface area contributed by atoms with E-state index < -0.39 is 0 Å². The smallest absolute Gasteiger partial charge is 0.256 e. The zero-order valence-corrected chi connectivity index (χ0v) is 18.7. The van der Waals surface area contributed by atoms with Gasteiger partial charge in [0.25, 0.3) is 11.5 Å². The molecule has 3 aromatic rings. The third kappa shape index (κ3) is 4.61. The van der Waals surface area contributed by atoms with Crippen LogP contribution in [0.25, 0.3) is 0 Å². The molecule has 1 N–H and O–H groups in total. The average molecular weight is 416 g/mol. The largest absolute Gasteiger partial charge is 0.334 e. The molecule has 0 spiro atoms. The van der Waals surface area contributed by atoms with Crippen LogP contribution in [-0.4, -0.2) is 27.3 Å². The highest BCUT2D eigenvalue weighted by molar-refractivity contribution is 5.94. The second-order valence-electron chi connectivity index (χ2n) is 9.40. The maximum atomic E-state index is 13.0. The van der Waals surface area contributed by atoms with E-state index in [9.17, 15) is 9.59 Å². The molecule has 2 aromatic carbocycles. The van der Waals surface area contributed by atoms with Crippen molar-refractivity contribution in [3.8, 4) is 0 Å². The van der Waals surface area contributed by atoms with Crippen LogP contribution in [0.15, 0.2) is 53.3 Å². The lowest BCUT2D eigenvalue weighted by Gasteiger charge is -2.28. The number of H-pyrrole nitrogens is 1. The van der Waals surface area contributed by atoms with E-state index in [4.69, 9.17) is 4.98 Å². The number of fused-ring (bicyclic) bond motifs is 1. The molecule has 5 nitrogen and oxygen atoms in total. The molecule has 0 saturated carbocycles. The number of rotatable bonds is 3. The molecule has 0 radical (unpaired) electrons. The van der Waals surface area contributed by atoms with E-state index in [1.807, 2.05) is 24.3 Å². The number of amides is 1. The summed E-state index contributed by atoms with van der Waals surface area (Å²) in [6.07, 6.45) is 1.18. The molecule has 31 heavy (non-hydrogen) atoms. The van der Waals surface area contributed by atoms with E-state index in [0.29, 0.717) is 42.9 Å². The number of nitrogens with one attached hydrogen (secondary N) is 1. The van der Waals surface area contributed by atoms with Gasteiger partial charge in [0.1, 0.15) is 5.82 Å². The Hall–Kier alpha value is -3.21. The van der Waals surface area contributed by atoms with Crippen LogP contribution in [0.4, 0.5) is 0 Å². The minimum atomic E-state index is -0.146. The summed E-state index contributed by atoms with van der Waals surface area (Å²) in [5.74, 6) is 0.624. The van der Waals surface area contributed by atoms with Crippen LogP contribution in [0.5, 0.6) is 0 Å². The molecule has 160 valence electrons. The molecule has 0 atom stereocenters. The Morgan fingerprint density at radius 2 is 1.74 bits per heavy atom. The Kier molecular flexibility index (Phi) is 5.52. The quantitative estimate of drug-likeness (QED) is 0.698. The summed E-state index contributed by atoms with van der Waals surface area (Å²) in [6, 6.07) is 16.0. The van der Waals surface area contributed by atoms with Gasteiger partial charge >= 0.3 is 0 Å². The van der Waals surface area contributed by atoms with Crippen LogP contribution >= 0.6 is 0 Å². The van der Waals surface area contributed by atoms with Gasteiger partial charge in [-0.15, -0.1) is 0 Å². The van der Waals surface area contributed by atoms with E-state index in [0.717, 1.165) is 11.3 Å². The number of carbonyl (C=O) groups is 1. The van der Waals surface area contributed by atoms with Gasteiger partial charge in [-0.1, -0.05) is 62.7 Å². The third-order valence-electron chi connectivity index (χ3n) is 5.89. The lowest BCUT2D eigenvalue weighted by Crippen LogP contribution is -2.39. The second kappa shape index (κ2) is 8.14. The Morgan fingerprint density at radius 3 is 2.39 bits per heavy atom. The van der Waals surface area contributed by atoms with Crippen molar-refractivity contribution in [1.82, 2.24) is 14.9 Å². The molecular weight excluding hydrogens is 386 g/mol. The van der Waals surface area contributed by atoms with Crippen LogP contribution < -0.4 is 5.56 Å². The molecular formula is C26H29N3O2. The molecule has 2 heterocycles. The highest BCUT2D eigenvalue weighted by Gasteiger charge is 2.25. The third-order valence-corrected chi connectivity index (χ3v) is 5.89. The summed E-state index contributed by atoms with van der Waals surface area (Å²) >= 11 is 0. The molecule has 5 heteroatoms. The van der Waals surface area contributed by atoms with Crippen molar-refractivity contribution in [2.24, 2.45) is 0 Å². The van der Waals surface area contributed by atoms with Crippen molar-refractivity contribution < 1.29 is 4.79 Å². The van der Waals surface area contributed by atoms with Crippen LogP contribution in [0.1, 0.15) is 64.9 Å². The number of hydrogen-bond acceptors (Lipinski definition) is 3. The van der Waals surface area contributed by atoms with Gasteiger partial charge in [-0.3, -0.25) is 9.59 Å². The number of carbonyl (C=O) groups excluding carboxylic acids is 1. The fourth-order valence-corrected chi connectivity index (χ4v) is 3.93. The van der Waals surface area contributed by atoms with Crippen molar-refractivity contribution >= 4 is 5.91 Å². The predicted octanol–water partition coefficient (Wildman–Crippen LogP) is 4.17. The van der Waals surface area contributed by atoms with Crippen molar-refractivity contribution in [3.63, 3.8) is 0 Å². The molecule has 0 aliphatic carbocycles. The van der Waals surface area contributed by atoms with Crippen molar-refractivity contribution in [3.05, 3.63) is 98.2 Å². The molecule has 1 aromatic heterocycles. The first kappa shape index (κ1) is 21.0. The number of hydrogen-bond donors (Lipinski definition) is 1. The summed E-state index contributed by atoms with van der Waals surface area (Å²) < 4.78 is 0. The number of nitrogens with zero attached hydrogens (tertiary/aromatic N) is 2. The molecule has 0 fully saturated rings. The average Bonchev–Trinajstić information content (AvgIpc) is 2.74. The van der Waals surface area contributed by atoms with E-state index in [1.165, 1.54) is 11.1 Å². The number of aromatic nitrogens is 2. The minimum Gasteiger partial charge on any atom is -0.334 e. The van der Waals surface area contributed by atoms with Gasteiger partial charge in [0.15, 0.2) is 0 Å². The van der Waals surface area contributed by atoms with Gasteiger partial charge < -0.3 is 9.88 Å². The van der Waals surface area contributed by atoms with Gasteiger partial charge in [-0.25, -0.2) is 4.98 Å². The van der Waals surface area contributed by atoms with Crippen molar-refractivity contribution in [2.75, 3.05) is 6.54 Å². The van der Waals surface area contributed by atoms with E-state index in [-0.39, 0.29) is 16.9 Å². The number of aromatic amines is 1. The van der Waals surface area contributed by atoms with E-state index in [2.05, 4.69) is 56.9 Å². The van der Waals surface area contributed by atoms with Gasteiger partial charge in [-0.2, -0.15) is 0 Å². The standard InChI is InChI=1S/C26H29N3O2/c1-17-5-7-18(8-6-17)15-23-27-22-13-14-29(16-21(22)24(30)28-23)25(31)19-9-11-20(12-10-19)26(2,3)4/h5-12H,13-16H2,1-4H3,(H,27,28,30). The minimum absolute atomic E-state index is 0.0426. The van der Waals surface area contributed by atoms with Gasteiger partial charge in [0.05, 0.1) is 17.8 Å². The Bertz CT molecular complexity index is 1150. The van der Waals surface area contributed by atoms with Crippen LogP contribution in [0, 0.1) is 6.92 Å². The van der Waals surface area contributed by atoms with Crippen LogP contribution in [0.3, 0.4) is 0 Å². The highest BCUT2D eigenvalue weighted by Crippen LogP contribution is 2.23. The maximum Gasteiger partial charge on any atom is 0.256 e. The molecule has 0 bridgehead atoms. The Labute approximate surface area is 183 Å². The zero-order valence-electron chi connectivity index (χ0n) is 18.7. The maximum absolute atomic E-state index is 13.0. The first-order valence-corrected chi connectivity index (χ1v) is 10.8. The lowest BCUT2D eigenvalue weighted by molar-refractivity contribution is 0.0732. The molecule has 0 unspecified atom stereocenters. The van der Waals surface area contributed by atoms with Crippen molar-refractivity contribution in [2.45, 2.75) is 52.5 Å². The summed E-state index contributed by atoms with van der Waals surface area (Å²) in [5, 5.41) is 0. The van der Waals surface area contributed by atoms with Crippen LogP contribution in [0.2, 0.25) is 0 Å². The molecule has 4 rings (SSSR count). The first-order chi connectivity index (χ1) is 14.7. The highest BCUT2D eigenvalue weighted by atomic mass is 16.2.